The second-order valence-corrected chi connectivity index (χ2v) is 7.38. The molecule has 0 spiro atoms. The molecule has 1 aliphatic heterocycles. The molecular weight excluding hydrogens is 344 g/mol. The van der Waals surface area contributed by atoms with Gasteiger partial charge in [0.05, 0.1) is 0 Å². The van der Waals surface area contributed by atoms with Crippen LogP contribution < -0.4 is 4.90 Å². The molecule has 0 aromatic heterocycles. The molecule has 0 N–H and O–H groups in total. The van der Waals surface area contributed by atoms with Crippen molar-refractivity contribution < 1.29 is 4.79 Å². The van der Waals surface area contributed by atoms with E-state index in [2.05, 4.69) is 43.0 Å². The van der Waals surface area contributed by atoms with Gasteiger partial charge in [-0.05, 0) is 47.4 Å². The zero-order valence-corrected chi connectivity index (χ0v) is 16.1. The fourth-order valence-corrected chi connectivity index (χ4v) is 3.23. The molecule has 1 saturated heterocycles. The molecular formula is C22H25ClN2O. The van der Waals surface area contributed by atoms with Crippen molar-refractivity contribution in [1.82, 2.24) is 4.90 Å². The third-order valence-electron chi connectivity index (χ3n) is 4.80. The van der Waals surface area contributed by atoms with E-state index >= 15 is 0 Å². The van der Waals surface area contributed by atoms with E-state index in [1.54, 1.807) is 6.08 Å². The van der Waals surface area contributed by atoms with Crippen LogP contribution in [-0.4, -0.2) is 37.0 Å². The summed E-state index contributed by atoms with van der Waals surface area (Å²) in [6, 6.07) is 16.2. The summed E-state index contributed by atoms with van der Waals surface area (Å²) >= 11 is 5.95. The fraction of sp³-hybridized carbons (Fsp3) is 0.318. The third kappa shape index (κ3) is 4.67. The Bertz CT molecular complexity index is 758. The van der Waals surface area contributed by atoms with Crippen molar-refractivity contribution in [2.75, 3.05) is 31.1 Å². The lowest BCUT2D eigenvalue weighted by Crippen LogP contribution is -2.48. The molecule has 3 nitrogen and oxygen atoms in total. The second-order valence-electron chi connectivity index (χ2n) is 6.94. The molecule has 0 saturated carbocycles. The number of hydrogen-bond acceptors (Lipinski definition) is 2. The molecule has 26 heavy (non-hydrogen) atoms. The Hall–Kier alpha value is -2.26. The van der Waals surface area contributed by atoms with E-state index in [9.17, 15) is 4.79 Å². The average molecular weight is 369 g/mol. The van der Waals surface area contributed by atoms with E-state index in [-0.39, 0.29) is 5.91 Å². The number of hydrogen-bond donors (Lipinski definition) is 0. The van der Waals surface area contributed by atoms with E-state index in [4.69, 9.17) is 11.6 Å². The zero-order chi connectivity index (χ0) is 18.5. The van der Waals surface area contributed by atoms with Gasteiger partial charge in [-0.2, -0.15) is 0 Å². The molecule has 1 aliphatic rings. The van der Waals surface area contributed by atoms with E-state index in [1.807, 2.05) is 35.2 Å². The predicted octanol–water partition coefficient (Wildman–Crippen LogP) is 4.83. The van der Waals surface area contributed by atoms with Crippen LogP contribution in [0.5, 0.6) is 0 Å². The number of benzene rings is 2. The van der Waals surface area contributed by atoms with Crippen molar-refractivity contribution in [1.29, 1.82) is 0 Å². The molecule has 3 rings (SSSR count). The van der Waals surface area contributed by atoms with E-state index < -0.39 is 0 Å². The number of carbonyl (C=O) groups excluding carboxylic acids is 1. The Morgan fingerprint density at radius 1 is 0.962 bits per heavy atom. The number of amides is 1. The molecule has 2 aromatic carbocycles. The van der Waals surface area contributed by atoms with Crippen molar-refractivity contribution in [3.8, 4) is 0 Å². The van der Waals surface area contributed by atoms with Crippen LogP contribution in [0.3, 0.4) is 0 Å². The van der Waals surface area contributed by atoms with E-state index in [0.717, 1.165) is 42.5 Å². The van der Waals surface area contributed by atoms with Crippen molar-refractivity contribution in [2.45, 2.75) is 19.8 Å². The van der Waals surface area contributed by atoms with Gasteiger partial charge >= 0.3 is 0 Å². The second kappa shape index (κ2) is 8.41. The van der Waals surface area contributed by atoms with Gasteiger partial charge in [-0.3, -0.25) is 4.79 Å². The molecule has 0 unspecified atom stereocenters. The molecule has 0 radical (unpaired) electrons. The predicted molar refractivity (Wildman–Crippen MR) is 110 cm³/mol. The highest BCUT2D eigenvalue weighted by Gasteiger charge is 2.19. The van der Waals surface area contributed by atoms with Crippen LogP contribution in [-0.2, 0) is 4.79 Å². The summed E-state index contributed by atoms with van der Waals surface area (Å²) in [6.07, 6.45) is 3.58. The van der Waals surface area contributed by atoms with Crippen LogP contribution in [0.1, 0.15) is 30.9 Å². The monoisotopic (exact) mass is 368 g/mol. The highest BCUT2D eigenvalue weighted by molar-refractivity contribution is 6.30. The fourth-order valence-electron chi connectivity index (χ4n) is 3.10. The first kappa shape index (κ1) is 18.5. The standard InChI is InChI=1S/C22H25ClN2O/c1-17(2)19-6-3-18(4-7-19)5-12-22(26)25-15-13-24(14-16-25)21-10-8-20(23)9-11-21/h3-12,17H,13-16H2,1-2H3. The quantitative estimate of drug-likeness (QED) is 0.722. The molecule has 0 bridgehead atoms. The SMILES string of the molecule is CC(C)c1ccc(C=CC(=O)N2CCN(c3ccc(Cl)cc3)CC2)cc1. The molecule has 1 heterocycles. The van der Waals surface area contributed by atoms with Crippen LogP contribution in [0.25, 0.3) is 6.08 Å². The van der Waals surface area contributed by atoms with Gasteiger partial charge in [0, 0.05) is 43.0 Å². The van der Waals surface area contributed by atoms with Crippen molar-refractivity contribution >= 4 is 29.3 Å². The Labute approximate surface area is 160 Å². The topological polar surface area (TPSA) is 23.6 Å². The molecule has 4 heteroatoms. The van der Waals surface area contributed by atoms with Crippen molar-refractivity contribution in [2.24, 2.45) is 0 Å². The van der Waals surface area contributed by atoms with Crippen LogP contribution in [0.4, 0.5) is 5.69 Å². The van der Waals surface area contributed by atoms with Crippen LogP contribution in [0, 0.1) is 0 Å². The zero-order valence-electron chi connectivity index (χ0n) is 15.4. The van der Waals surface area contributed by atoms with Gasteiger partial charge in [0.15, 0.2) is 0 Å². The molecule has 0 atom stereocenters. The van der Waals surface area contributed by atoms with Gasteiger partial charge in [0.1, 0.15) is 0 Å². The smallest absolute Gasteiger partial charge is 0.246 e. The maximum Gasteiger partial charge on any atom is 0.246 e. The Morgan fingerprint density at radius 2 is 1.58 bits per heavy atom. The number of rotatable bonds is 4. The highest BCUT2D eigenvalue weighted by atomic mass is 35.5. The first-order valence-electron chi connectivity index (χ1n) is 9.10. The molecule has 2 aromatic rings. The molecule has 1 amide bonds. The van der Waals surface area contributed by atoms with E-state index in [1.165, 1.54) is 5.56 Å². The summed E-state index contributed by atoms with van der Waals surface area (Å²) in [7, 11) is 0. The minimum absolute atomic E-state index is 0.0775. The van der Waals surface area contributed by atoms with Gasteiger partial charge < -0.3 is 9.80 Å². The van der Waals surface area contributed by atoms with Gasteiger partial charge in [0.2, 0.25) is 5.91 Å². The first-order chi connectivity index (χ1) is 12.5. The summed E-state index contributed by atoms with van der Waals surface area (Å²) in [5.41, 5.74) is 3.52. The maximum atomic E-state index is 12.4. The minimum atomic E-state index is 0.0775. The molecule has 1 fully saturated rings. The molecule has 0 aliphatic carbocycles. The van der Waals surface area contributed by atoms with Crippen molar-refractivity contribution in [3.63, 3.8) is 0 Å². The van der Waals surface area contributed by atoms with Gasteiger partial charge in [0.25, 0.3) is 0 Å². The molecule has 136 valence electrons. The highest BCUT2D eigenvalue weighted by Crippen LogP contribution is 2.20. The Balaban J connectivity index is 1.54. The van der Waals surface area contributed by atoms with Crippen LogP contribution in [0.2, 0.25) is 5.02 Å². The summed E-state index contributed by atoms with van der Waals surface area (Å²) in [4.78, 5) is 16.6. The van der Waals surface area contributed by atoms with Crippen LogP contribution >= 0.6 is 11.6 Å². The largest absolute Gasteiger partial charge is 0.368 e. The Kier molecular flexibility index (Phi) is 6.00. The number of anilines is 1. The summed E-state index contributed by atoms with van der Waals surface area (Å²) in [6.45, 7) is 7.50. The summed E-state index contributed by atoms with van der Waals surface area (Å²) in [5.74, 6) is 0.597. The van der Waals surface area contributed by atoms with Gasteiger partial charge in [-0.1, -0.05) is 49.7 Å². The number of nitrogens with zero attached hydrogens (tertiary/aromatic N) is 2. The number of halogens is 1. The first-order valence-corrected chi connectivity index (χ1v) is 9.48. The normalized spacial score (nSPS) is 15.1. The van der Waals surface area contributed by atoms with Crippen LogP contribution in [0.15, 0.2) is 54.6 Å². The number of piperazine rings is 1. The Morgan fingerprint density at radius 3 is 2.15 bits per heavy atom. The lowest BCUT2D eigenvalue weighted by atomic mass is 10.0. The van der Waals surface area contributed by atoms with Gasteiger partial charge in [-0.15, -0.1) is 0 Å². The van der Waals surface area contributed by atoms with Gasteiger partial charge in [-0.25, -0.2) is 0 Å². The minimum Gasteiger partial charge on any atom is -0.368 e. The lowest BCUT2D eigenvalue weighted by molar-refractivity contribution is -0.126. The lowest BCUT2D eigenvalue weighted by Gasteiger charge is -2.35. The van der Waals surface area contributed by atoms with Crippen molar-refractivity contribution in [3.05, 3.63) is 70.8 Å². The van der Waals surface area contributed by atoms with E-state index in [0.29, 0.717) is 5.92 Å². The summed E-state index contributed by atoms with van der Waals surface area (Å²) < 4.78 is 0. The maximum absolute atomic E-state index is 12.4. The summed E-state index contributed by atoms with van der Waals surface area (Å²) in [5, 5.41) is 0.745. The average Bonchev–Trinajstić information content (AvgIpc) is 2.67. The third-order valence-corrected chi connectivity index (χ3v) is 5.06. The number of carbonyl (C=O) groups is 1.